The van der Waals surface area contributed by atoms with Gasteiger partial charge in [0.1, 0.15) is 23.9 Å². The van der Waals surface area contributed by atoms with Crippen molar-refractivity contribution in [2.24, 2.45) is 0 Å². The number of H-pyrrole nitrogens is 1. The molecular formula is C25H35N7O4. The number of piperidine rings is 2. The van der Waals surface area contributed by atoms with Gasteiger partial charge in [-0.05, 0) is 45.1 Å². The number of anilines is 3. The molecule has 0 spiro atoms. The molecule has 0 saturated carbocycles. The lowest BCUT2D eigenvalue weighted by Gasteiger charge is -2.49. The Hall–Kier alpha value is -3.34. The number of aromatic amines is 1. The summed E-state index contributed by atoms with van der Waals surface area (Å²) in [6.45, 7) is 3.30. The van der Waals surface area contributed by atoms with Gasteiger partial charge in [0.2, 0.25) is 5.95 Å². The minimum absolute atomic E-state index is 0.147. The molecule has 2 N–H and O–H groups in total. The number of carbonyl (C=O) groups is 1. The Morgan fingerprint density at radius 2 is 2.03 bits per heavy atom. The van der Waals surface area contributed by atoms with E-state index in [0.29, 0.717) is 30.8 Å². The highest BCUT2D eigenvalue weighted by Gasteiger charge is 2.43. The van der Waals surface area contributed by atoms with Crippen molar-refractivity contribution >= 4 is 29.4 Å². The van der Waals surface area contributed by atoms with Crippen molar-refractivity contribution in [1.82, 2.24) is 25.1 Å². The maximum absolute atomic E-state index is 12.8. The van der Waals surface area contributed by atoms with E-state index in [-0.39, 0.29) is 30.8 Å². The molecule has 36 heavy (non-hydrogen) atoms. The number of aryl methyl sites for hydroxylation is 1. The summed E-state index contributed by atoms with van der Waals surface area (Å²) in [6.07, 6.45) is 7.48. The molecule has 0 aliphatic carbocycles. The zero-order valence-electron chi connectivity index (χ0n) is 21.2. The van der Waals surface area contributed by atoms with Gasteiger partial charge in [-0.2, -0.15) is 10.1 Å². The van der Waals surface area contributed by atoms with E-state index < -0.39 is 0 Å². The highest BCUT2D eigenvalue weighted by atomic mass is 16.6. The van der Waals surface area contributed by atoms with Crippen LogP contribution < -0.4 is 10.2 Å². The number of ether oxygens (including phenoxy) is 3. The normalized spacial score (nSPS) is 23.1. The van der Waals surface area contributed by atoms with Crippen molar-refractivity contribution in [3.8, 4) is 0 Å². The molecule has 2 aromatic rings. The quantitative estimate of drug-likeness (QED) is 0.527. The Balaban J connectivity index is 1.36. The number of hydrogen-bond acceptors (Lipinski definition) is 9. The molecule has 0 aromatic carbocycles. The van der Waals surface area contributed by atoms with Gasteiger partial charge in [-0.25, -0.2) is 9.78 Å². The van der Waals surface area contributed by atoms with Crippen molar-refractivity contribution in [2.45, 2.75) is 63.6 Å². The van der Waals surface area contributed by atoms with Crippen LogP contribution in [0.15, 0.2) is 18.2 Å². The van der Waals surface area contributed by atoms with E-state index in [1.165, 1.54) is 0 Å². The van der Waals surface area contributed by atoms with E-state index >= 15 is 0 Å². The Kier molecular flexibility index (Phi) is 7.26. The van der Waals surface area contributed by atoms with Gasteiger partial charge in [-0.15, -0.1) is 0 Å². The molecule has 5 heterocycles. The fourth-order valence-electron chi connectivity index (χ4n) is 5.41. The second-order valence-electron chi connectivity index (χ2n) is 9.69. The molecule has 2 bridgehead atoms. The van der Waals surface area contributed by atoms with Crippen LogP contribution in [0.3, 0.4) is 0 Å². The van der Waals surface area contributed by atoms with Gasteiger partial charge in [-0.3, -0.25) is 5.10 Å². The second-order valence-corrected chi connectivity index (χ2v) is 9.69. The number of fused-ring (bicyclic) bond motifs is 2. The minimum Gasteiger partial charge on any atom is -0.491 e. The summed E-state index contributed by atoms with van der Waals surface area (Å²) in [7, 11) is 3.64. The van der Waals surface area contributed by atoms with Crippen molar-refractivity contribution in [3.05, 3.63) is 29.6 Å². The summed E-state index contributed by atoms with van der Waals surface area (Å²) in [4.78, 5) is 26.6. The molecule has 3 aliphatic heterocycles. The van der Waals surface area contributed by atoms with Crippen LogP contribution in [-0.2, 0) is 14.2 Å². The van der Waals surface area contributed by atoms with Crippen LogP contribution in [0.25, 0.3) is 5.76 Å². The molecular weight excluding hydrogens is 462 g/mol. The van der Waals surface area contributed by atoms with Crippen molar-refractivity contribution in [2.75, 3.05) is 44.2 Å². The number of carbonyl (C=O) groups excluding carboxylic acids is 1. The average Bonchev–Trinajstić information content (AvgIpc) is 3.55. The van der Waals surface area contributed by atoms with Crippen molar-refractivity contribution in [1.29, 1.82) is 0 Å². The molecule has 194 valence electrons. The molecule has 5 rings (SSSR count). The zero-order chi connectivity index (χ0) is 25.1. The number of nitrogens with one attached hydrogen (secondary N) is 2. The molecule has 11 nitrogen and oxygen atoms in total. The lowest BCUT2D eigenvalue weighted by Crippen LogP contribution is -2.58. The highest BCUT2D eigenvalue weighted by molar-refractivity contribution is 5.69. The van der Waals surface area contributed by atoms with Gasteiger partial charge >= 0.3 is 6.09 Å². The summed E-state index contributed by atoms with van der Waals surface area (Å²) in [6, 6.07) is 4.32. The molecule has 0 unspecified atom stereocenters. The number of rotatable bonds is 8. The first-order chi connectivity index (χ1) is 17.5. The first kappa shape index (κ1) is 24.4. The molecule has 11 heteroatoms. The molecule has 3 atom stereocenters. The van der Waals surface area contributed by atoms with E-state index in [1.54, 1.807) is 7.11 Å². The average molecular weight is 498 g/mol. The smallest absolute Gasteiger partial charge is 0.410 e. The van der Waals surface area contributed by atoms with Crippen molar-refractivity contribution in [3.63, 3.8) is 0 Å². The van der Waals surface area contributed by atoms with Gasteiger partial charge < -0.3 is 29.3 Å². The predicted molar refractivity (Wildman–Crippen MR) is 135 cm³/mol. The Labute approximate surface area is 211 Å². The molecule has 2 fully saturated rings. The van der Waals surface area contributed by atoms with E-state index in [4.69, 9.17) is 24.2 Å². The van der Waals surface area contributed by atoms with Crippen LogP contribution in [0.2, 0.25) is 0 Å². The summed E-state index contributed by atoms with van der Waals surface area (Å²) in [5.74, 6) is 2.75. The number of nitrogens with zero attached hydrogens (tertiary/aromatic N) is 5. The third-order valence-electron chi connectivity index (χ3n) is 7.17. The lowest BCUT2D eigenvalue weighted by molar-refractivity contribution is 0.00862. The summed E-state index contributed by atoms with van der Waals surface area (Å²) < 4.78 is 16.3. The van der Waals surface area contributed by atoms with Crippen LogP contribution >= 0.6 is 0 Å². The fraction of sp³-hybridized carbons (Fsp3) is 0.600. The van der Waals surface area contributed by atoms with E-state index in [1.807, 2.05) is 31.0 Å². The SMILES string of the molecule is COCCOC(=O)N1[C@@H]2CCC[C@H]1C[C@H](N(C)c1nc(Nc3cc(C)[nH]n3)cc(C3=CCCO3)n1)C2. The third kappa shape index (κ3) is 5.25. The van der Waals surface area contributed by atoms with Crippen LogP contribution in [0.4, 0.5) is 22.4 Å². The van der Waals surface area contributed by atoms with Crippen LogP contribution in [-0.4, -0.2) is 83.3 Å². The van der Waals surface area contributed by atoms with Gasteiger partial charge in [0, 0.05) is 56.5 Å². The van der Waals surface area contributed by atoms with Crippen molar-refractivity contribution < 1.29 is 19.0 Å². The lowest BCUT2D eigenvalue weighted by atomic mass is 9.81. The van der Waals surface area contributed by atoms with Crippen LogP contribution in [0, 0.1) is 6.92 Å². The van der Waals surface area contributed by atoms with Crippen LogP contribution in [0.5, 0.6) is 0 Å². The van der Waals surface area contributed by atoms with Gasteiger partial charge in [-0.1, -0.05) is 0 Å². The van der Waals surface area contributed by atoms with E-state index in [2.05, 4.69) is 26.5 Å². The highest BCUT2D eigenvalue weighted by Crippen LogP contribution is 2.37. The van der Waals surface area contributed by atoms with E-state index in [9.17, 15) is 4.79 Å². The molecule has 0 radical (unpaired) electrons. The fourth-order valence-corrected chi connectivity index (χ4v) is 5.41. The third-order valence-corrected chi connectivity index (χ3v) is 7.17. The first-order valence-corrected chi connectivity index (χ1v) is 12.7. The number of aromatic nitrogens is 4. The summed E-state index contributed by atoms with van der Waals surface area (Å²) >= 11 is 0. The standard InChI is InChI=1S/C25H35N7O4/c1-16-12-23(30-29-16)27-22-15-20(21-8-5-9-35-21)26-24(28-22)31(2)19-13-17-6-4-7-18(14-19)32(17)25(33)36-11-10-34-3/h8,12,15,17-19H,4-7,9-11,13-14H2,1-3H3,(H2,26,27,28,29,30)/t17-,18+,19-. The minimum atomic E-state index is -0.229. The van der Waals surface area contributed by atoms with Gasteiger partial charge in [0.25, 0.3) is 0 Å². The first-order valence-electron chi connectivity index (χ1n) is 12.7. The van der Waals surface area contributed by atoms with E-state index in [0.717, 1.165) is 55.7 Å². The predicted octanol–water partition coefficient (Wildman–Crippen LogP) is 3.62. The van der Waals surface area contributed by atoms with Gasteiger partial charge in [0.05, 0.1) is 13.2 Å². The monoisotopic (exact) mass is 497 g/mol. The molecule has 2 saturated heterocycles. The van der Waals surface area contributed by atoms with Gasteiger partial charge in [0.15, 0.2) is 5.82 Å². The number of hydrogen-bond donors (Lipinski definition) is 2. The Morgan fingerprint density at radius 1 is 1.22 bits per heavy atom. The summed E-state index contributed by atoms with van der Waals surface area (Å²) in [5.41, 5.74) is 1.71. The Bertz CT molecular complexity index is 1090. The molecule has 2 aromatic heterocycles. The zero-order valence-corrected chi connectivity index (χ0v) is 21.2. The Morgan fingerprint density at radius 3 is 2.69 bits per heavy atom. The second kappa shape index (κ2) is 10.7. The molecule has 3 aliphatic rings. The van der Waals surface area contributed by atoms with Crippen LogP contribution in [0.1, 0.15) is 49.9 Å². The maximum atomic E-state index is 12.8. The maximum Gasteiger partial charge on any atom is 0.410 e. The number of methoxy groups -OCH3 is 1. The summed E-state index contributed by atoms with van der Waals surface area (Å²) in [5, 5.41) is 10.5. The molecule has 1 amide bonds. The largest absolute Gasteiger partial charge is 0.491 e. The number of amides is 1. The topological polar surface area (TPSA) is 118 Å².